The van der Waals surface area contributed by atoms with Gasteiger partial charge in [0.25, 0.3) is 0 Å². The molecule has 0 bridgehead atoms. The first-order chi connectivity index (χ1) is 16.1. The van der Waals surface area contributed by atoms with Gasteiger partial charge in [-0.25, -0.2) is 0 Å². The van der Waals surface area contributed by atoms with Gasteiger partial charge < -0.3 is 26.1 Å². The fourth-order valence-electron chi connectivity index (χ4n) is 3.30. The number of carbonyl (C=O) groups is 2. The van der Waals surface area contributed by atoms with Gasteiger partial charge in [-0.05, 0) is 39.5 Å². The second kappa shape index (κ2) is 17.7. The third-order valence-electron chi connectivity index (χ3n) is 5.28. The number of hydrogen-bond acceptors (Lipinski definition) is 8. The normalized spacial score (nSPS) is 23.8. The number of rotatable bonds is 5. The molecule has 2 aliphatic rings. The van der Waals surface area contributed by atoms with Gasteiger partial charge in [0.2, 0.25) is 11.8 Å². The maximum Gasteiger partial charge on any atom is 1.00 e. The summed E-state index contributed by atoms with van der Waals surface area (Å²) < 4.78 is 71.1. The zero-order valence-corrected chi connectivity index (χ0v) is 22.1. The van der Waals surface area contributed by atoms with E-state index in [9.17, 15) is 40.8 Å². The molecular formula is C18H29F6N6NaO5. The standard InChI is InChI=1S/C9H14F3N3O2.C9H15F3N2O.HNO2.Na/c1-6-2-3-7(4-15(6)14-17)8(16)13-5-9(10,11)12;1-6-2-3-7(4-13-6)8(15)14-5-9(10,11)12;2-1-3;/h6-7H,2-5H2,1H3,(H,13,16);6-7,13H,2-5H2,1H3,(H,14,15);(H,2,3);/q;;;+1/p-1. The Morgan fingerprint density at radius 3 is 1.75 bits per heavy atom. The second-order valence-corrected chi connectivity index (χ2v) is 8.15. The van der Waals surface area contributed by atoms with E-state index in [0.717, 1.165) is 11.8 Å². The van der Waals surface area contributed by atoms with Crippen LogP contribution in [0.15, 0.2) is 10.6 Å². The Bertz CT molecular complexity index is 680. The zero-order chi connectivity index (χ0) is 27.2. The maximum absolute atomic E-state index is 11.9. The minimum absolute atomic E-state index is 0. The molecular weight excluding hydrogens is 517 g/mol. The molecule has 0 aliphatic carbocycles. The summed E-state index contributed by atoms with van der Waals surface area (Å²) in [5.74, 6) is -2.12. The number of alkyl halides is 6. The zero-order valence-electron chi connectivity index (χ0n) is 20.1. The molecule has 0 radical (unpaired) electrons. The van der Waals surface area contributed by atoms with Gasteiger partial charge in [0, 0.05) is 18.6 Å². The molecule has 4 unspecified atom stereocenters. The van der Waals surface area contributed by atoms with Crippen molar-refractivity contribution in [2.75, 3.05) is 26.2 Å². The van der Waals surface area contributed by atoms with E-state index in [-0.39, 0.29) is 48.1 Å². The molecule has 11 nitrogen and oxygen atoms in total. The molecule has 2 heterocycles. The maximum atomic E-state index is 11.9. The van der Waals surface area contributed by atoms with Crippen LogP contribution in [0.2, 0.25) is 0 Å². The number of nitrogens with one attached hydrogen (secondary N) is 3. The van der Waals surface area contributed by atoms with E-state index in [2.05, 4.69) is 10.6 Å². The SMILES string of the molecule is CC1CCC(C(=O)NCC(F)(F)F)CN1.CC1CCC(C(=O)NCC(F)(F)F)CN1N=O.O=N[O-].[Na+]. The van der Waals surface area contributed by atoms with Gasteiger partial charge in [-0.3, -0.25) is 14.6 Å². The first-order valence-electron chi connectivity index (χ1n) is 10.6. The number of amides is 2. The Hall–Kier alpha value is -1.72. The van der Waals surface area contributed by atoms with Crippen molar-refractivity contribution in [2.45, 2.75) is 64.0 Å². The predicted molar refractivity (Wildman–Crippen MR) is 112 cm³/mol. The Morgan fingerprint density at radius 2 is 1.36 bits per heavy atom. The summed E-state index contributed by atoms with van der Waals surface area (Å²) in [6, 6.07) is 0.274. The molecule has 4 atom stereocenters. The number of nitrogens with zero attached hydrogens (tertiary/aromatic N) is 3. The van der Waals surface area contributed by atoms with Crippen molar-refractivity contribution >= 4 is 11.8 Å². The van der Waals surface area contributed by atoms with Crippen LogP contribution in [0, 0.1) is 26.9 Å². The van der Waals surface area contributed by atoms with Gasteiger partial charge >= 0.3 is 41.9 Å². The number of halogens is 6. The molecule has 0 aromatic carbocycles. The van der Waals surface area contributed by atoms with Gasteiger partial charge in [0.05, 0.1) is 23.7 Å². The molecule has 204 valence electrons. The van der Waals surface area contributed by atoms with Crippen LogP contribution in [0.1, 0.15) is 39.5 Å². The summed E-state index contributed by atoms with van der Waals surface area (Å²) in [6.07, 6.45) is -6.24. The van der Waals surface area contributed by atoms with Crippen LogP contribution in [0.25, 0.3) is 0 Å². The third-order valence-corrected chi connectivity index (χ3v) is 5.28. The molecule has 0 aromatic heterocycles. The molecule has 2 saturated heterocycles. The van der Waals surface area contributed by atoms with E-state index >= 15 is 0 Å². The quantitative estimate of drug-likeness (QED) is 0.186. The summed E-state index contributed by atoms with van der Waals surface area (Å²) in [6.45, 7) is 1.73. The molecule has 18 heteroatoms. The van der Waals surface area contributed by atoms with Gasteiger partial charge in [-0.15, -0.1) is 10.2 Å². The Morgan fingerprint density at radius 1 is 0.917 bits per heavy atom. The van der Waals surface area contributed by atoms with E-state index in [1.54, 1.807) is 6.92 Å². The van der Waals surface area contributed by atoms with Crippen molar-refractivity contribution in [2.24, 2.45) is 22.5 Å². The van der Waals surface area contributed by atoms with E-state index in [0.29, 0.717) is 31.8 Å². The molecule has 0 spiro atoms. The minimum atomic E-state index is -4.42. The Kier molecular flexibility index (Phi) is 17.9. The molecule has 36 heavy (non-hydrogen) atoms. The number of carbonyl (C=O) groups excluding carboxylic acids is 2. The summed E-state index contributed by atoms with van der Waals surface area (Å²) in [7, 11) is 0. The number of piperidine rings is 2. The largest absolute Gasteiger partial charge is 1.00 e. The van der Waals surface area contributed by atoms with Crippen LogP contribution in [0.3, 0.4) is 0 Å². The molecule has 3 N–H and O–H groups in total. The van der Waals surface area contributed by atoms with Crippen molar-refractivity contribution in [3.63, 3.8) is 0 Å². The fraction of sp³-hybridized carbons (Fsp3) is 0.889. The average Bonchev–Trinajstić information content (AvgIpc) is 2.76. The van der Waals surface area contributed by atoms with Gasteiger partial charge in [-0.2, -0.15) is 26.3 Å². The van der Waals surface area contributed by atoms with Crippen molar-refractivity contribution in [3.8, 4) is 0 Å². The predicted octanol–water partition coefficient (Wildman–Crippen LogP) is -0.246. The van der Waals surface area contributed by atoms with E-state index in [1.807, 2.05) is 17.6 Å². The second-order valence-electron chi connectivity index (χ2n) is 8.15. The topological polar surface area (TPSA) is 155 Å². The van der Waals surface area contributed by atoms with E-state index in [4.69, 9.17) is 10.1 Å². The molecule has 2 fully saturated rings. The first kappa shape index (κ1) is 36.4. The van der Waals surface area contributed by atoms with Crippen LogP contribution in [-0.4, -0.2) is 67.4 Å². The van der Waals surface area contributed by atoms with Crippen molar-refractivity contribution in [1.29, 1.82) is 0 Å². The van der Waals surface area contributed by atoms with Crippen LogP contribution in [-0.2, 0) is 9.59 Å². The molecule has 0 aromatic rings. The summed E-state index contributed by atoms with van der Waals surface area (Å²) in [4.78, 5) is 41.2. The van der Waals surface area contributed by atoms with Crippen LogP contribution < -0.4 is 45.5 Å². The van der Waals surface area contributed by atoms with Crippen LogP contribution in [0.4, 0.5) is 26.3 Å². The van der Waals surface area contributed by atoms with Gasteiger partial charge in [0.1, 0.15) is 13.1 Å². The van der Waals surface area contributed by atoms with Crippen LogP contribution >= 0.6 is 0 Å². The smallest absolute Gasteiger partial charge is 0.444 e. The summed E-state index contributed by atoms with van der Waals surface area (Å²) >= 11 is 0. The summed E-state index contributed by atoms with van der Waals surface area (Å²) in [5, 5.41) is 19.7. The molecule has 2 rings (SSSR count). The van der Waals surface area contributed by atoms with Gasteiger partial charge in [0.15, 0.2) is 0 Å². The summed E-state index contributed by atoms with van der Waals surface area (Å²) in [5.41, 5.74) is 0. The Labute approximate surface area is 225 Å². The monoisotopic (exact) mass is 546 g/mol. The van der Waals surface area contributed by atoms with Crippen LogP contribution in [0.5, 0.6) is 0 Å². The number of nitroso groups, excluding NO2 is 1. The molecule has 2 amide bonds. The first-order valence-corrected chi connectivity index (χ1v) is 10.6. The van der Waals surface area contributed by atoms with Crippen molar-refractivity contribution in [1.82, 2.24) is 21.0 Å². The fourth-order valence-corrected chi connectivity index (χ4v) is 3.30. The Balaban J connectivity index is 0. The minimum Gasteiger partial charge on any atom is -0.444 e. The third kappa shape index (κ3) is 16.9. The average molecular weight is 546 g/mol. The molecule has 2 aliphatic heterocycles. The van der Waals surface area contributed by atoms with E-state index < -0.39 is 43.2 Å². The van der Waals surface area contributed by atoms with Crippen molar-refractivity contribution < 1.29 is 65.5 Å². The van der Waals surface area contributed by atoms with Gasteiger partial charge in [-0.1, -0.05) is 0 Å². The van der Waals surface area contributed by atoms with Crippen molar-refractivity contribution in [3.05, 3.63) is 15.0 Å². The molecule has 0 saturated carbocycles. The number of hydrogen-bond donors (Lipinski definition) is 3. The van der Waals surface area contributed by atoms with E-state index in [1.165, 1.54) is 5.01 Å².